The molecule has 0 saturated heterocycles. The summed E-state index contributed by atoms with van der Waals surface area (Å²) in [6.07, 6.45) is 9.32. The Hall–Kier alpha value is -2.14. The number of unbranched alkanes of at least 4 members (excludes halogenated alkanes) is 1. The smallest absolute Gasteiger partial charge is 0.303 e. The molecule has 1 amide bonds. The topological polar surface area (TPSA) is 66.4 Å². The number of aryl methyl sites for hydroxylation is 1. The van der Waals surface area contributed by atoms with Gasteiger partial charge in [-0.15, -0.1) is 11.3 Å². The number of benzene rings is 1. The number of thiophene rings is 1. The Morgan fingerprint density at radius 2 is 2.06 bits per heavy atom. The summed E-state index contributed by atoms with van der Waals surface area (Å²) >= 11 is 1.63. The van der Waals surface area contributed by atoms with Crippen LogP contribution >= 0.6 is 11.3 Å². The number of carbonyl (C=O) groups is 2. The third-order valence-corrected chi connectivity index (χ3v) is 8.68. The highest BCUT2D eigenvalue weighted by Gasteiger charge is 2.57. The van der Waals surface area contributed by atoms with E-state index in [9.17, 15) is 9.59 Å². The summed E-state index contributed by atoms with van der Waals surface area (Å²) in [4.78, 5) is 24.0. The molecule has 0 spiro atoms. The van der Waals surface area contributed by atoms with E-state index in [0.29, 0.717) is 18.3 Å². The zero-order valence-electron chi connectivity index (χ0n) is 18.7. The van der Waals surface area contributed by atoms with Crippen LogP contribution < -0.4 is 5.32 Å². The third-order valence-electron chi connectivity index (χ3n) is 7.71. The first kappa shape index (κ1) is 22.1. The van der Waals surface area contributed by atoms with Crippen LogP contribution in [0.1, 0.15) is 68.3 Å². The van der Waals surface area contributed by atoms with Crippen molar-refractivity contribution in [2.24, 2.45) is 23.2 Å². The number of amides is 1. The van der Waals surface area contributed by atoms with Crippen molar-refractivity contribution >= 4 is 33.3 Å². The molecule has 3 aliphatic rings. The zero-order valence-corrected chi connectivity index (χ0v) is 19.5. The van der Waals surface area contributed by atoms with Gasteiger partial charge in [0.25, 0.3) is 5.91 Å². The molecule has 5 heteroatoms. The van der Waals surface area contributed by atoms with E-state index in [2.05, 4.69) is 56.4 Å². The highest BCUT2D eigenvalue weighted by Crippen LogP contribution is 2.61. The van der Waals surface area contributed by atoms with Crippen LogP contribution in [0, 0.1) is 30.1 Å². The number of carboxylic acids is 1. The Morgan fingerprint density at radius 3 is 2.81 bits per heavy atom. The number of fused-ring (bicyclic) bond motifs is 3. The van der Waals surface area contributed by atoms with Gasteiger partial charge in [0.15, 0.2) is 0 Å². The van der Waals surface area contributed by atoms with Gasteiger partial charge in [-0.2, -0.15) is 0 Å². The lowest BCUT2D eigenvalue weighted by Crippen LogP contribution is -2.63. The van der Waals surface area contributed by atoms with Crippen molar-refractivity contribution < 1.29 is 14.7 Å². The fourth-order valence-electron chi connectivity index (χ4n) is 5.68. The van der Waals surface area contributed by atoms with Crippen LogP contribution in [-0.4, -0.2) is 23.0 Å². The minimum Gasteiger partial charge on any atom is -0.481 e. The second-order valence-corrected chi connectivity index (χ2v) is 10.9. The number of hydrogen-bond acceptors (Lipinski definition) is 3. The second-order valence-electron chi connectivity index (χ2n) is 10.00. The molecule has 1 heterocycles. The molecule has 5 rings (SSSR count). The maximum Gasteiger partial charge on any atom is 0.303 e. The Bertz CT molecular complexity index is 1010. The lowest BCUT2D eigenvalue weighted by molar-refractivity contribution is -0.137. The standard InChI is InChI=1S/C26H33NO3S/c1-16-10-11-22-19(12-16)20(15-31-22)25(30)27-24-17(8-6-4-5-7-9-23(28)29)13-18-14-21(24)26(18,2)3/h4,6,10-12,15,17-18,21,24H,5,7-9,13-14H2,1-3H3,(H,27,30)(H,28,29)/b6-4-/t17-,18+,21+,24+/m0/s1. The van der Waals surface area contributed by atoms with Crippen LogP contribution in [0.2, 0.25) is 0 Å². The van der Waals surface area contributed by atoms with Gasteiger partial charge in [-0.1, -0.05) is 37.6 Å². The van der Waals surface area contributed by atoms with Crippen molar-refractivity contribution in [1.82, 2.24) is 5.32 Å². The molecule has 1 aromatic heterocycles. The average molecular weight is 440 g/mol. The van der Waals surface area contributed by atoms with Gasteiger partial charge in [0.2, 0.25) is 0 Å². The van der Waals surface area contributed by atoms with E-state index < -0.39 is 5.97 Å². The summed E-state index contributed by atoms with van der Waals surface area (Å²) in [5.41, 5.74) is 2.25. The van der Waals surface area contributed by atoms with Crippen molar-refractivity contribution in [1.29, 1.82) is 0 Å². The van der Waals surface area contributed by atoms with Gasteiger partial charge in [-0.25, -0.2) is 0 Å². The molecule has 0 aliphatic heterocycles. The summed E-state index contributed by atoms with van der Waals surface area (Å²) in [5, 5.41) is 15.3. The van der Waals surface area contributed by atoms with E-state index in [1.54, 1.807) is 11.3 Å². The molecule has 2 N–H and O–H groups in total. The summed E-state index contributed by atoms with van der Waals surface area (Å²) in [5.74, 6) is 1.02. The molecular weight excluding hydrogens is 406 g/mol. The second kappa shape index (κ2) is 8.78. The van der Waals surface area contributed by atoms with Crippen LogP contribution in [0.25, 0.3) is 10.1 Å². The van der Waals surface area contributed by atoms with Gasteiger partial charge in [-0.3, -0.25) is 9.59 Å². The van der Waals surface area contributed by atoms with Crippen molar-refractivity contribution in [2.45, 2.75) is 65.3 Å². The van der Waals surface area contributed by atoms with Crippen LogP contribution in [0.15, 0.2) is 35.7 Å². The Labute approximate surface area is 188 Å². The number of rotatable bonds is 8. The molecule has 1 aromatic carbocycles. The Kier molecular flexibility index (Phi) is 6.25. The lowest BCUT2D eigenvalue weighted by Gasteiger charge is -2.62. The Morgan fingerprint density at radius 1 is 1.26 bits per heavy atom. The Balaban J connectivity index is 1.46. The molecule has 0 radical (unpaired) electrons. The summed E-state index contributed by atoms with van der Waals surface area (Å²) < 4.78 is 1.16. The fourth-order valence-corrected chi connectivity index (χ4v) is 6.60. The highest BCUT2D eigenvalue weighted by molar-refractivity contribution is 7.17. The monoisotopic (exact) mass is 439 g/mol. The van der Waals surface area contributed by atoms with Crippen LogP contribution in [0.3, 0.4) is 0 Å². The van der Waals surface area contributed by atoms with Crippen LogP contribution in [0.5, 0.6) is 0 Å². The molecule has 166 valence electrons. The number of hydrogen-bond donors (Lipinski definition) is 2. The first-order valence-electron chi connectivity index (χ1n) is 11.4. The minimum atomic E-state index is -0.734. The number of nitrogens with one attached hydrogen (secondary N) is 1. The molecule has 2 aromatic rings. The molecule has 0 unspecified atom stereocenters. The molecule has 4 nitrogen and oxygen atoms in total. The first-order valence-corrected chi connectivity index (χ1v) is 12.3. The molecule has 3 fully saturated rings. The van der Waals surface area contributed by atoms with Gasteiger partial charge in [0.1, 0.15) is 0 Å². The number of allylic oxidation sites excluding steroid dienone is 2. The number of carbonyl (C=O) groups excluding carboxylic acids is 1. The van der Waals surface area contributed by atoms with Crippen LogP contribution in [-0.2, 0) is 4.79 Å². The van der Waals surface area contributed by atoms with Crippen molar-refractivity contribution in [3.63, 3.8) is 0 Å². The first-order chi connectivity index (χ1) is 14.8. The normalized spacial score (nSPS) is 26.7. The minimum absolute atomic E-state index is 0.0541. The largest absolute Gasteiger partial charge is 0.481 e. The van der Waals surface area contributed by atoms with Crippen LogP contribution in [0.4, 0.5) is 0 Å². The maximum absolute atomic E-state index is 13.3. The SMILES string of the molecule is Cc1ccc2scc(C(=O)N[C@@H]3[C@@H](C/C=C\CCCC(=O)O)C[C@@H]4C[C@H]3C4(C)C)c2c1. The maximum atomic E-state index is 13.3. The van der Waals surface area contributed by atoms with Crippen molar-refractivity contribution in [2.75, 3.05) is 0 Å². The fraction of sp³-hybridized carbons (Fsp3) is 0.538. The quantitative estimate of drug-likeness (QED) is 0.381. The molecule has 3 saturated carbocycles. The molecule has 3 aliphatic carbocycles. The average Bonchev–Trinajstić information content (AvgIpc) is 3.13. The predicted octanol–water partition coefficient (Wildman–Crippen LogP) is 6.19. The molecule has 4 atom stereocenters. The van der Waals surface area contributed by atoms with Gasteiger partial charge in [-0.05, 0) is 74.3 Å². The number of carboxylic acid groups (broad SMARTS) is 1. The molecule has 2 bridgehead atoms. The van der Waals surface area contributed by atoms with E-state index in [1.807, 2.05) is 5.38 Å². The van der Waals surface area contributed by atoms with Gasteiger partial charge in [0, 0.05) is 27.9 Å². The summed E-state index contributed by atoms with van der Waals surface area (Å²) in [6.45, 7) is 6.77. The highest BCUT2D eigenvalue weighted by atomic mass is 32.1. The molecular formula is C26H33NO3S. The van der Waals surface area contributed by atoms with Gasteiger partial charge < -0.3 is 10.4 Å². The molecule has 31 heavy (non-hydrogen) atoms. The van der Waals surface area contributed by atoms with Gasteiger partial charge >= 0.3 is 5.97 Å². The van der Waals surface area contributed by atoms with E-state index in [-0.39, 0.29) is 23.8 Å². The third kappa shape index (κ3) is 4.43. The summed E-state index contributed by atoms with van der Waals surface area (Å²) in [7, 11) is 0. The van der Waals surface area contributed by atoms with E-state index in [0.717, 1.165) is 40.8 Å². The van der Waals surface area contributed by atoms with E-state index >= 15 is 0 Å². The van der Waals surface area contributed by atoms with E-state index in [1.165, 1.54) is 12.0 Å². The zero-order chi connectivity index (χ0) is 22.2. The lowest BCUT2D eigenvalue weighted by atomic mass is 9.44. The predicted molar refractivity (Wildman–Crippen MR) is 127 cm³/mol. The van der Waals surface area contributed by atoms with Crippen molar-refractivity contribution in [3.8, 4) is 0 Å². The van der Waals surface area contributed by atoms with Crippen molar-refractivity contribution in [3.05, 3.63) is 46.9 Å². The summed E-state index contributed by atoms with van der Waals surface area (Å²) in [6, 6.07) is 6.50. The number of aliphatic carboxylic acids is 1. The van der Waals surface area contributed by atoms with Gasteiger partial charge in [0.05, 0.1) is 5.56 Å². The van der Waals surface area contributed by atoms with E-state index in [4.69, 9.17) is 5.11 Å².